The van der Waals surface area contributed by atoms with Crippen molar-refractivity contribution in [3.8, 4) is 5.75 Å². The third-order valence-corrected chi connectivity index (χ3v) is 5.46. The number of fused-ring (bicyclic) bond motifs is 1. The van der Waals surface area contributed by atoms with Crippen molar-refractivity contribution < 1.29 is 17.9 Å². The summed E-state index contributed by atoms with van der Waals surface area (Å²) in [6.45, 7) is 4.74. The first-order valence-electron chi connectivity index (χ1n) is 8.41. The fourth-order valence-electron chi connectivity index (χ4n) is 2.84. The van der Waals surface area contributed by atoms with Crippen LogP contribution >= 0.6 is 0 Å². The predicted molar refractivity (Wildman–Crippen MR) is 103 cm³/mol. The summed E-state index contributed by atoms with van der Waals surface area (Å²) in [7, 11) is -3.41. The Morgan fingerprint density at radius 1 is 1.15 bits per heavy atom. The molecule has 3 rings (SSSR count). The minimum atomic E-state index is -3.41. The van der Waals surface area contributed by atoms with Crippen LogP contribution in [0.1, 0.15) is 35.7 Å². The quantitative estimate of drug-likeness (QED) is 0.892. The molecule has 0 radical (unpaired) electrons. The van der Waals surface area contributed by atoms with Gasteiger partial charge >= 0.3 is 0 Å². The number of anilines is 2. The molecule has 1 aliphatic heterocycles. The van der Waals surface area contributed by atoms with Crippen LogP contribution in [0.5, 0.6) is 5.75 Å². The van der Waals surface area contributed by atoms with Crippen molar-refractivity contribution in [3.63, 3.8) is 0 Å². The number of amides is 1. The molecule has 2 aromatic rings. The number of carbonyl (C=O) groups excluding carboxylic acids is 1. The highest BCUT2D eigenvalue weighted by Gasteiger charge is 2.25. The Labute approximate surface area is 153 Å². The Kier molecular flexibility index (Phi) is 4.91. The van der Waals surface area contributed by atoms with Crippen LogP contribution in [-0.2, 0) is 10.0 Å². The van der Waals surface area contributed by atoms with Gasteiger partial charge in [0.1, 0.15) is 12.4 Å². The van der Waals surface area contributed by atoms with Crippen molar-refractivity contribution in [1.29, 1.82) is 0 Å². The van der Waals surface area contributed by atoms with E-state index in [4.69, 9.17) is 4.74 Å². The Balaban J connectivity index is 1.83. The Bertz CT molecular complexity index is 921. The van der Waals surface area contributed by atoms with Crippen molar-refractivity contribution >= 4 is 27.3 Å². The van der Waals surface area contributed by atoms with Gasteiger partial charge in [-0.05, 0) is 41.8 Å². The third-order valence-electron chi connectivity index (χ3n) is 4.28. The number of nitrogens with one attached hydrogen (secondary N) is 1. The van der Waals surface area contributed by atoms with Gasteiger partial charge in [-0.25, -0.2) is 8.42 Å². The molecule has 1 aliphatic rings. The zero-order chi connectivity index (χ0) is 18.9. The van der Waals surface area contributed by atoms with Crippen molar-refractivity contribution in [3.05, 3.63) is 53.6 Å². The van der Waals surface area contributed by atoms with Crippen LogP contribution < -0.4 is 14.4 Å². The average Bonchev–Trinajstić information content (AvgIpc) is 2.60. The molecule has 0 aromatic heterocycles. The molecule has 26 heavy (non-hydrogen) atoms. The van der Waals surface area contributed by atoms with Gasteiger partial charge in [0.05, 0.1) is 18.5 Å². The smallest absolute Gasteiger partial charge is 0.255 e. The molecule has 0 fully saturated rings. The fraction of sp³-hybridized carbons (Fsp3) is 0.316. The molecule has 7 heteroatoms. The third kappa shape index (κ3) is 3.83. The molecule has 0 aliphatic carbocycles. The molecule has 0 saturated carbocycles. The number of hydrogen-bond donors (Lipinski definition) is 1. The molecule has 0 saturated heterocycles. The molecule has 1 N–H and O–H groups in total. The van der Waals surface area contributed by atoms with Gasteiger partial charge in [-0.15, -0.1) is 0 Å². The topological polar surface area (TPSA) is 75.7 Å². The van der Waals surface area contributed by atoms with Crippen LogP contribution in [0.3, 0.4) is 0 Å². The van der Waals surface area contributed by atoms with Crippen molar-refractivity contribution in [1.82, 2.24) is 0 Å². The van der Waals surface area contributed by atoms with E-state index in [1.807, 2.05) is 12.1 Å². The first kappa shape index (κ1) is 18.3. The van der Waals surface area contributed by atoms with Crippen molar-refractivity contribution in [2.45, 2.75) is 19.8 Å². The Morgan fingerprint density at radius 2 is 1.85 bits per heavy atom. The number of nitrogens with zero attached hydrogens (tertiary/aromatic N) is 1. The fourth-order valence-corrected chi connectivity index (χ4v) is 3.74. The highest BCUT2D eigenvalue weighted by atomic mass is 32.2. The minimum Gasteiger partial charge on any atom is -0.489 e. The molecule has 0 bridgehead atoms. The van der Waals surface area contributed by atoms with Crippen LogP contribution in [0.2, 0.25) is 0 Å². The summed E-state index contributed by atoms with van der Waals surface area (Å²) >= 11 is 0. The summed E-state index contributed by atoms with van der Waals surface area (Å²) in [4.78, 5) is 12.5. The molecule has 0 unspecified atom stereocenters. The lowest BCUT2D eigenvalue weighted by Gasteiger charge is -2.29. The maximum atomic E-state index is 12.5. The van der Waals surface area contributed by atoms with Crippen molar-refractivity contribution in [2.24, 2.45) is 0 Å². The summed E-state index contributed by atoms with van der Waals surface area (Å²) in [6, 6.07) is 12.4. The highest BCUT2D eigenvalue weighted by molar-refractivity contribution is 7.92. The normalized spacial score (nSPS) is 13.9. The molecular formula is C19H22N2O4S. The number of sulfonamides is 1. The summed E-state index contributed by atoms with van der Waals surface area (Å²) < 4.78 is 30.7. The van der Waals surface area contributed by atoms with Gasteiger partial charge in [-0.3, -0.25) is 9.10 Å². The Morgan fingerprint density at radius 3 is 2.46 bits per heavy atom. The monoisotopic (exact) mass is 374 g/mol. The lowest BCUT2D eigenvalue weighted by molar-refractivity contribution is 0.102. The zero-order valence-electron chi connectivity index (χ0n) is 15.0. The molecule has 0 spiro atoms. The summed E-state index contributed by atoms with van der Waals surface area (Å²) in [5.41, 5.74) is 2.66. The first-order chi connectivity index (χ1) is 12.3. The highest BCUT2D eigenvalue weighted by Crippen LogP contribution is 2.35. The van der Waals surface area contributed by atoms with Crippen LogP contribution in [-0.4, -0.2) is 33.7 Å². The maximum absolute atomic E-state index is 12.5. The number of benzene rings is 2. The van der Waals surface area contributed by atoms with E-state index in [0.717, 1.165) is 11.8 Å². The molecule has 2 aromatic carbocycles. The summed E-state index contributed by atoms with van der Waals surface area (Å²) in [5, 5.41) is 2.81. The van der Waals surface area contributed by atoms with Gasteiger partial charge in [-0.2, -0.15) is 0 Å². The van der Waals surface area contributed by atoms with Gasteiger partial charge in [0.2, 0.25) is 10.0 Å². The zero-order valence-corrected chi connectivity index (χ0v) is 15.8. The van der Waals surface area contributed by atoms with Crippen LogP contribution in [0, 0.1) is 0 Å². The summed E-state index contributed by atoms with van der Waals surface area (Å²) in [5.74, 6) is 0.638. The van der Waals surface area contributed by atoms with Gasteiger partial charge in [0, 0.05) is 11.3 Å². The largest absolute Gasteiger partial charge is 0.489 e. The first-order valence-corrected chi connectivity index (χ1v) is 10.3. The van der Waals surface area contributed by atoms with Crippen LogP contribution in [0.25, 0.3) is 0 Å². The van der Waals surface area contributed by atoms with Gasteiger partial charge in [0.15, 0.2) is 0 Å². The second-order valence-electron chi connectivity index (χ2n) is 6.60. The van der Waals surface area contributed by atoms with E-state index in [2.05, 4.69) is 19.2 Å². The van der Waals surface area contributed by atoms with E-state index in [1.54, 1.807) is 30.3 Å². The van der Waals surface area contributed by atoms with E-state index in [-0.39, 0.29) is 12.5 Å². The van der Waals surface area contributed by atoms with E-state index in [0.29, 0.717) is 35.2 Å². The average molecular weight is 374 g/mol. The maximum Gasteiger partial charge on any atom is 0.255 e. The van der Waals surface area contributed by atoms with Gasteiger partial charge in [-0.1, -0.05) is 26.0 Å². The predicted octanol–water partition coefficient (Wildman–Crippen LogP) is 3.22. The number of ether oxygens (including phenoxy) is 1. The van der Waals surface area contributed by atoms with E-state index < -0.39 is 10.0 Å². The van der Waals surface area contributed by atoms with E-state index >= 15 is 0 Å². The van der Waals surface area contributed by atoms with Gasteiger partial charge < -0.3 is 10.1 Å². The SMILES string of the molecule is CC(C)c1ccc(C(=O)Nc2ccc3c(c2)N(S(C)(=O)=O)CCO3)cc1. The summed E-state index contributed by atoms with van der Waals surface area (Å²) in [6.07, 6.45) is 1.16. The Hall–Kier alpha value is -2.54. The van der Waals surface area contributed by atoms with Gasteiger partial charge in [0.25, 0.3) is 5.91 Å². The molecular weight excluding hydrogens is 352 g/mol. The van der Waals surface area contributed by atoms with Crippen LogP contribution in [0.15, 0.2) is 42.5 Å². The number of rotatable bonds is 4. The molecule has 0 atom stereocenters. The molecule has 1 amide bonds. The lowest BCUT2D eigenvalue weighted by Crippen LogP contribution is -2.37. The molecule has 138 valence electrons. The van der Waals surface area contributed by atoms with E-state index in [9.17, 15) is 13.2 Å². The van der Waals surface area contributed by atoms with Crippen LogP contribution in [0.4, 0.5) is 11.4 Å². The molecule has 1 heterocycles. The standard InChI is InChI=1S/C19H22N2O4S/c1-13(2)14-4-6-15(7-5-14)19(22)20-16-8-9-18-17(12-16)21(10-11-25-18)26(3,23)24/h4-9,12-13H,10-11H2,1-3H3,(H,20,22). The number of hydrogen-bond acceptors (Lipinski definition) is 4. The number of carbonyl (C=O) groups is 1. The minimum absolute atomic E-state index is 0.247. The second kappa shape index (κ2) is 6.99. The van der Waals surface area contributed by atoms with Crippen molar-refractivity contribution in [2.75, 3.05) is 29.0 Å². The molecule has 6 nitrogen and oxygen atoms in total. The second-order valence-corrected chi connectivity index (χ2v) is 8.50. The lowest BCUT2D eigenvalue weighted by atomic mass is 10.0. The van der Waals surface area contributed by atoms with E-state index in [1.165, 1.54) is 4.31 Å².